The molecule has 0 unspecified atom stereocenters. The highest BCUT2D eigenvalue weighted by Crippen LogP contribution is 2.16. The van der Waals surface area contributed by atoms with E-state index in [1.165, 1.54) is 4.90 Å². The number of ether oxygens (including phenoxy) is 1. The number of hydrazine groups is 1. The molecular formula is C31H47Cl2F2N5O6S. The Bertz CT molecular complexity index is 1370. The molecular weight excluding hydrogens is 679 g/mol. The fraction of sp³-hybridized carbons (Fsp3) is 0.548. The molecule has 2 aromatic carbocycles. The number of rotatable bonds is 17. The monoisotopic (exact) mass is 725 g/mol. The van der Waals surface area contributed by atoms with Crippen LogP contribution in [0.25, 0.3) is 0 Å². The SMILES string of the molecule is CCCCS(=O)(=O)C[C@@H](NC(=O)O[C@@H]1CCNC1)C(=O)N(Cc1cccc(CC)c1)C[C@@H](O)[C@H](Cc1cc(F)cc(F)c1)NN.Cl.Cl. The van der Waals surface area contributed by atoms with Gasteiger partial charge in [-0.05, 0) is 61.1 Å². The summed E-state index contributed by atoms with van der Waals surface area (Å²) in [5.74, 6) is 2.56. The molecule has 2 aromatic rings. The normalized spacial score (nSPS) is 16.3. The van der Waals surface area contributed by atoms with Gasteiger partial charge in [-0.25, -0.2) is 22.0 Å². The first-order chi connectivity index (χ1) is 21.4. The number of nitrogens with zero attached hydrogens (tertiary/aromatic N) is 1. The molecule has 0 radical (unpaired) electrons. The van der Waals surface area contributed by atoms with Crippen LogP contribution in [0.3, 0.4) is 0 Å². The summed E-state index contributed by atoms with van der Waals surface area (Å²) in [5.41, 5.74) is 4.40. The third-order valence-corrected chi connectivity index (χ3v) is 9.41. The third-order valence-electron chi connectivity index (χ3n) is 7.66. The highest BCUT2D eigenvalue weighted by Gasteiger charge is 2.34. The molecule has 4 atom stereocenters. The van der Waals surface area contributed by atoms with Crippen molar-refractivity contribution in [3.05, 3.63) is 70.8 Å². The number of carbonyl (C=O) groups excluding carboxylic acids is 2. The zero-order valence-electron chi connectivity index (χ0n) is 26.6. The van der Waals surface area contributed by atoms with Crippen molar-refractivity contribution in [3.63, 3.8) is 0 Å². The number of aryl methyl sites for hydroxylation is 1. The van der Waals surface area contributed by atoms with Gasteiger partial charge in [0.2, 0.25) is 5.91 Å². The van der Waals surface area contributed by atoms with E-state index in [0.717, 1.165) is 30.2 Å². The lowest BCUT2D eigenvalue weighted by atomic mass is 10.0. The van der Waals surface area contributed by atoms with Gasteiger partial charge in [0.15, 0.2) is 9.84 Å². The summed E-state index contributed by atoms with van der Waals surface area (Å²) in [7, 11) is -3.77. The zero-order chi connectivity index (χ0) is 33.0. The number of sulfone groups is 1. The van der Waals surface area contributed by atoms with Gasteiger partial charge >= 0.3 is 6.09 Å². The van der Waals surface area contributed by atoms with Crippen LogP contribution in [0.1, 0.15) is 49.8 Å². The Hall–Kier alpha value is -2.59. The maximum atomic E-state index is 14.1. The summed E-state index contributed by atoms with van der Waals surface area (Å²) in [6.07, 6.45) is -0.449. The highest BCUT2D eigenvalue weighted by atomic mass is 35.5. The van der Waals surface area contributed by atoms with E-state index in [2.05, 4.69) is 16.1 Å². The Kier molecular flexibility index (Phi) is 18.7. The maximum absolute atomic E-state index is 14.1. The minimum atomic E-state index is -3.77. The second-order valence-electron chi connectivity index (χ2n) is 11.4. The van der Waals surface area contributed by atoms with Gasteiger partial charge in [0.25, 0.3) is 0 Å². The summed E-state index contributed by atoms with van der Waals surface area (Å²) in [6.45, 7) is 4.56. The minimum absolute atomic E-state index is 0. The molecule has 2 amide bonds. The molecule has 0 spiro atoms. The van der Waals surface area contributed by atoms with Crippen molar-refractivity contribution in [3.8, 4) is 0 Å². The first-order valence-corrected chi connectivity index (χ1v) is 17.1. The number of alkyl carbamates (subject to hydrolysis) is 1. The fourth-order valence-electron chi connectivity index (χ4n) is 5.20. The Morgan fingerprint density at radius 2 is 1.79 bits per heavy atom. The third kappa shape index (κ3) is 14.2. The molecule has 3 rings (SSSR count). The number of unbranched alkanes of at least 4 members (excludes halogenated alkanes) is 1. The minimum Gasteiger partial charge on any atom is -0.445 e. The number of hydrogen-bond acceptors (Lipinski definition) is 9. The van der Waals surface area contributed by atoms with E-state index >= 15 is 0 Å². The van der Waals surface area contributed by atoms with Crippen molar-refractivity contribution in [2.75, 3.05) is 31.1 Å². The summed E-state index contributed by atoms with van der Waals surface area (Å²) < 4.78 is 59.1. The van der Waals surface area contributed by atoms with Crippen LogP contribution in [0.5, 0.6) is 0 Å². The van der Waals surface area contributed by atoms with E-state index in [4.69, 9.17) is 10.6 Å². The summed E-state index contributed by atoms with van der Waals surface area (Å²) >= 11 is 0. The lowest BCUT2D eigenvalue weighted by molar-refractivity contribution is -0.135. The Labute approximate surface area is 288 Å². The molecule has 16 heteroatoms. The molecule has 0 bridgehead atoms. The Balaban J connectivity index is 0.00000552. The van der Waals surface area contributed by atoms with Gasteiger partial charge in [0.1, 0.15) is 23.8 Å². The molecule has 47 heavy (non-hydrogen) atoms. The van der Waals surface area contributed by atoms with Gasteiger partial charge in [-0.2, -0.15) is 0 Å². The smallest absolute Gasteiger partial charge is 0.408 e. The average Bonchev–Trinajstić information content (AvgIpc) is 3.50. The topological polar surface area (TPSA) is 163 Å². The summed E-state index contributed by atoms with van der Waals surface area (Å²) in [6, 6.07) is 7.96. The number of aliphatic hydroxyl groups excluding tert-OH is 1. The summed E-state index contributed by atoms with van der Waals surface area (Å²) in [5, 5.41) is 16.8. The predicted molar refractivity (Wildman–Crippen MR) is 181 cm³/mol. The Morgan fingerprint density at radius 3 is 2.38 bits per heavy atom. The predicted octanol–water partition coefficient (Wildman–Crippen LogP) is 2.81. The van der Waals surface area contributed by atoms with Crippen LogP contribution in [0.15, 0.2) is 42.5 Å². The molecule has 1 saturated heterocycles. The van der Waals surface area contributed by atoms with Crippen LogP contribution in [0.4, 0.5) is 13.6 Å². The van der Waals surface area contributed by atoms with Crippen LogP contribution < -0.4 is 21.9 Å². The standard InChI is InChI=1S/C31H45F2N5O6S.2ClH/c1-3-5-11-45(42,43)20-28(36-31(41)44-26-9-10-35-17-26)30(40)38(18-22-8-6-7-21(4-2)12-22)19-29(39)27(37-34)15-23-13-24(32)16-25(33)14-23;;/h6-8,12-14,16,26-29,35,37,39H,3-5,9-11,15,17-20,34H2,1-2H3,(H,36,41);2*1H/t26-,27+,28-,29-;;/m1../s1. The molecule has 0 aromatic heterocycles. The van der Waals surface area contributed by atoms with Gasteiger partial charge < -0.3 is 25.4 Å². The van der Waals surface area contributed by atoms with Gasteiger partial charge in [0.05, 0.1) is 23.7 Å². The molecule has 1 fully saturated rings. The van der Waals surface area contributed by atoms with Gasteiger partial charge in [-0.3, -0.25) is 16.1 Å². The van der Waals surface area contributed by atoms with Crippen molar-refractivity contribution in [2.24, 2.45) is 5.84 Å². The average molecular weight is 727 g/mol. The first kappa shape index (κ1) is 42.4. The molecule has 11 nitrogen and oxygen atoms in total. The van der Waals surface area contributed by atoms with Crippen molar-refractivity contribution in [2.45, 2.75) is 76.8 Å². The van der Waals surface area contributed by atoms with Crippen molar-refractivity contribution in [1.82, 2.24) is 21.0 Å². The lowest BCUT2D eigenvalue weighted by Gasteiger charge is -2.32. The summed E-state index contributed by atoms with van der Waals surface area (Å²) in [4.78, 5) is 28.2. The van der Waals surface area contributed by atoms with E-state index in [-0.39, 0.29) is 55.6 Å². The number of nitrogens with two attached hydrogens (primary N) is 1. The molecule has 6 N–H and O–H groups in total. The molecule has 0 aliphatic carbocycles. The molecule has 1 aliphatic heterocycles. The number of benzene rings is 2. The molecule has 266 valence electrons. The van der Waals surface area contributed by atoms with Crippen LogP contribution >= 0.6 is 24.8 Å². The van der Waals surface area contributed by atoms with E-state index in [9.17, 15) is 31.9 Å². The van der Waals surface area contributed by atoms with Crippen molar-refractivity contribution < 1.29 is 36.6 Å². The van der Waals surface area contributed by atoms with Crippen LogP contribution in [0, 0.1) is 11.6 Å². The van der Waals surface area contributed by atoms with E-state index in [1.807, 2.05) is 32.0 Å². The van der Waals surface area contributed by atoms with Crippen molar-refractivity contribution in [1.29, 1.82) is 0 Å². The van der Waals surface area contributed by atoms with Crippen LogP contribution in [-0.2, 0) is 38.8 Å². The number of halogens is 4. The first-order valence-electron chi connectivity index (χ1n) is 15.3. The largest absolute Gasteiger partial charge is 0.445 e. The number of carbonyl (C=O) groups is 2. The quantitative estimate of drug-likeness (QED) is 0.122. The maximum Gasteiger partial charge on any atom is 0.408 e. The lowest BCUT2D eigenvalue weighted by Crippen LogP contribution is -2.56. The number of nitrogens with one attached hydrogen (secondary N) is 3. The van der Waals surface area contributed by atoms with Crippen LogP contribution in [0.2, 0.25) is 0 Å². The van der Waals surface area contributed by atoms with E-state index < -0.39 is 63.5 Å². The molecule has 0 saturated carbocycles. The number of amides is 2. The van der Waals surface area contributed by atoms with E-state index in [0.29, 0.717) is 37.9 Å². The number of aliphatic hydroxyl groups is 1. The highest BCUT2D eigenvalue weighted by molar-refractivity contribution is 7.91. The molecule has 1 heterocycles. The molecule has 1 aliphatic rings. The zero-order valence-corrected chi connectivity index (χ0v) is 29.1. The second kappa shape index (κ2) is 20.7. The van der Waals surface area contributed by atoms with Gasteiger partial charge in [-0.15, -0.1) is 24.8 Å². The van der Waals surface area contributed by atoms with Gasteiger partial charge in [-0.1, -0.05) is 44.5 Å². The second-order valence-corrected chi connectivity index (χ2v) is 13.6. The number of hydrogen-bond donors (Lipinski definition) is 5. The fourth-order valence-corrected chi connectivity index (χ4v) is 6.82. The van der Waals surface area contributed by atoms with Crippen molar-refractivity contribution >= 4 is 46.7 Å². The Morgan fingerprint density at radius 1 is 1.11 bits per heavy atom. The van der Waals surface area contributed by atoms with E-state index in [1.54, 1.807) is 6.07 Å². The van der Waals surface area contributed by atoms with Crippen LogP contribution in [-0.4, -0.2) is 85.9 Å². The van der Waals surface area contributed by atoms with Gasteiger partial charge in [0, 0.05) is 25.7 Å².